The summed E-state index contributed by atoms with van der Waals surface area (Å²) in [4.78, 5) is 21.6. The standard InChI is InChI=1S/C18H19N3O3/c1-11-19-16-4-5-21(9-15(16)18(23)20-11)8-12-6-13-7-14(22)2-3-17(13)24-10-12/h2-3,6-7,22H,4-5,8-10H2,1H3,(H,19,20,23). The van der Waals surface area contributed by atoms with Crippen LogP contribution in [0.2, 0.25) is 0 Å². The molecule has 1 aromatic carbocycles. The molecule has 0 radical (unpaired) electrons. The normalized spacial score (nSPS) is 16.8. The van der Waals surface area contributed by atoms with Gasteiger partial charge in [0.15, 0.2) is 0 Å². The molecule has 0 saturated carbocycles. The maximum atomic E-state index is 12.1. The van der Waals surface area contributed by atoms with Gasteiger partial charge in [0.25, 0.3) is 5.56 Å². The second kappa shape index (κ2) is 5.79. The summed E-state index contributed by atoms with van der Waals surface area (Å²) < 4.78 is 5.76. The molecule has 0 amide bonds. The number of aryl methyl sites for hydroxylation is 1. The van der Waals surface area contributed by atoms with Crippen LogP contribution in [0.15, 0.2) is 28.6 Å². The van der Waals surface area contributed by atoms with Crippen LogP contribution in [-0.2, 0) is 13.0 Å². The summed E-state index contributed by atoms with van der Waals surface area (Å²) in [7, 11) is 0. The van der Waals surface area contributed by atoms with Gasteiger partial charge in [0, 0.05) is 31.6 Å². The Bertz CT molecular complexity index is 886. The highest BCUT2D eigenvalue weighted by Gasteiger charge is 2.22. The molecule has 0 spiro atoms. The van der Waals surface area contributed by atoms with E-state index in [0.29, 0.717) is 19.0 Å². The number of phenolic OH excluding ortho intramolecular Hbond substituents is 1. The quantitative estimate of drug-likeness (QED) is 0.877. The topological polar surface area (TPSA) is 78.5 Å². The van der Waals surface area contributed by atoms with E-state index in [1.165, 1.54) is 0 Å². The summed E-state index contributed by atoms with van der Waals surface area (Å²) in [6.45, 7) is 4.55. The van der Waals surface area contributed by atoms with Crippen LogP contribution in [0.3, 0.4) is 0 Å². The van der Waals surface area contributed by atoms with Gasteiger partial charge in [0.2, 0.25) is 0 Å². The zero-order chi connectivity index (χ0) is 16.7. The number of benzene rings is 1. The van der Waals surface area contributed by atoms with E-state index >= 15 is 0 Å². The van der Waals surface area contributed by atoms with Gasteiger partial charge in [-0.1, -0.05) is 0 Å². The Kier molecular flexibility index (Phi) is 3.61. The third-order valence-corrected chi connectivity index (χ3v) is 4.46. The number of hydrogen-bond acceptors (Lipinski definition) is 5. The van der Waals surface area contributed by atoms with Crippen molar-refractivity contribution in [2.45, 2.75) is 19.9 Å². The van der Waals surface area contributed by atoms with E-state index in [0.717, 1.165) is 47.7 Å². The van der Waals surface area contributed by atoms with Gasteiger partial charge in [-0.2, -0.15) is 0 Å². The number of fused-ring (bicyclic) bond motifs is 2. The molecule has 4 rings (SSSR count). The van der Waals surface area contributed by atoms with E-state index in [-0.39, 0.29) is 11.3 Å². The van der Waals surface area contributed by atoms with Gasteiger partial charge in [0.05, 0.1) is 11.3 Å². The number of ether oxygens (including phenoxy) is 1. The molecule has 2 aromatic rings. The van der Waals surface area contributed by atoms with Crippen molar-refractivity contribution in [1.82, 2.24) is 14.9 Å². The molecule has 24 heavy (non-hydrogen) atoms. The van der Waals surface area contributed by atoms with Crippen LogP contribution in [0.1, 0.15) is 22.6 Å². The van der Waals surface area contributed by atoms with Crippen molar-refractivity contribution in [1.29, 1.82) is 0 Å². The van der Waals surface area contributed by atoms with Crippen LogP contribution in [0, 0.1) is 6.92 Å². The fourth-order valence-electron chi connectivity index (χ4n) is 3.33. The van der Waals surface area contributed by atoms with E-state index < -0.39 is 0 Å². The van der Waals surface area contributed by atoms with E-state index in [2.05, 4.69) is 20.9 Å². The van der Waals surface area contributed by atoms with Crippen molar-refractivity contribution in [2.24, 2.45) is 0 Å². The van der Waals surface area contributed by atoms with Gasteiger partial charge in [-0.05, 0) is 36.8 Å². The molecule has 2 aliphatic rings. The Morgan fingerprint density at radius 1 is 1.42 bits per heavy atom. The Morgan fingerprint density at radius 2 is 2.29 bits per heavy atom. The lowest BCUT2D eigenvalue weighted by atomic mass is 10.0. The van der Waals surface area contributed by atoms with E-state index in [4.69, 9.17) is 4.74 Å². The van der Waals surface area contributed by atoms with Crippen molar-refractivity contribution in [2.75, 3.05) is 19.7 Å². The number of rotatable bonds is 2. The number of aromatic nitrogens is 2. The number of nitrogens with one attached hydrogen (secondary N) is 1. The second-order valence-electron chi connectivity index (χ2n) is 6.35. The average Bonchev–Trinajstić information content (AvgIpc) is 2.55. The van der Waals surface area contributed by atoms with Crippen molar-refractivity contribution in [3.05, 3.63) is 56.8 Å². The molecule has 0 bridgehead atoms. The highest BCUT2D eigenvalue weighted by molar-refractivity contribution is 5.64. The summed E-state index contributed by atoms with van der Waals surface area (Å²) in [6, 6.07) is 5.11. The Hall–Kier alpha value is -2.60. The van der Waals surface area contributed by atoms with Gasteiger partial charge < -0.3 is 14.8 Å². The Balaban J connectivity index is 1.54. The first-order valence-corrected chi connectivity index (χ1v) is 8.05. The molecule has 0 aliphatic carbocycles. The maximum absolute atomic E-state index is 12.1. The molecule has 2 aliphatic heterocycles. The van der Waals surface area contributed by atoms with Crippen LogP contribution in [0.5, 0.6) is 11.5 Å². The second-order valence-corrected chi connectivity index (χ2v) is 6.35. The third-order valence-electron chi connectivity index (χ3n) is 4.46. The van der Waals surface area contributed by atoms with Crippen molar-refractivity contribution in [3.63, 3.8) is 0 Å². The highest BCUT2D eigenvalue weighted by atomic mass is 16.5. The molecule has 0 unspecified atom stereocenters. The molecule has 0 saturated heterocycles. The summed E-state index contributed by atoms with van der Waals surface area (Å²) in [5, 5.41) is 9.62. The van der Waals surface area contributed by atoms with Gasteiger partial charge in [-0.15, -0.1) is 0 Å². The highest BCUT2D eigenvalue weighted by Crippen LogP contribution is 2.30. The molecule has 124 valence electrons. The fourth-order valence-corrected chi connectivity index (χ4v) is 3.33. The van der Waals surface area contributed by atoms with Crippen molar-refractivity contribution in [3.8, 4) is 11.5 Å². The number of aromatic hydroxyl groups is 1. The summed E-state index contributed by atoms with van der Waals surface area (Å²) in [5.41, 5.74) is 3.67. The van der Waals surface area contributed by atoms with Gasteiger partial charge in [-0.3, -0.25) is 9.69 Å². The monoisotopic (exact) mass is 325 g/mol. The minimum absolute atomic E-state index is 0.0358. The molecular weight excluding hydrogens is 306 g/mol. The first kappa shape index (κ1) is 15.0. The van der Waals surface area contributed by atoms with Crippen molar-refractivity contribution >= 4 is 6.08 Å². The zero-order valence-corrected chi connectivity index (χ0v) is 13.5. The Labute approximate surface area is 139 Å². The summed E-state index contributed by atoms with van der Waals surface area (Å²) in [5.74, 6) is 1.69. The molecule has 6 heteroatoms. The van der Waals surface area contributed by atoms with Gasteiger partial charge in [-0.25, -0.2) is 4.98 Å². The molecule has 1 aromatic heterocycles. The van der Waals surface area contributed by atoms with Crippen molar-refractivity contribution < 1.29 is 9.84 Å². The lowest BCUT2D eigenvalue weighted by Gasteiger charge is -2.29. The number of phenols is 1. The first-order valence-electron chi connectivity index (χ1n) is 8.05. The van der Waals surface area contributed by atoms with Crippen LogP contribution in [0.25, 0.3) is 6.08 Å². The Morgan fingerprint density at radius 3 is 3.17 bits per heavy atom. The number of hydrogen-bond donors (Lipinski definition) is 2. The van der Waals surface area contributed by atoms with Crippen LogP contribution >= 0.6 is 0 Å². The van der Waals surface area contributed by atoms with E-state index in [1.807, 2.05) is 6.92 Å². The van der Waals surface area contributed by atoms with Gasteiger partial charge in [0.1, 0.15) is 23.9 Å². The summed E-state index contributed by atoms with van der Waals surface area (Å²) >= 11 is 0. The molecule has 0 fully saturated rings. The smallest absolute Gasteiger partial charge is 0.255 e. The predicted octanol–water partition coefficient (Wildman–Crippen LogP) is 1.62. The largest absolute Gasteiger partial charge is 0.508 e. The maximum Gasteiger partial charge on any atom is 0.255 e. The lowest BCUT2D eigenvalue weighted by molar-refractivity contribution is 0.254. The van der Waals surface area contributed by atoms with Crippen LogP contribution < -0.4 is 10.3 Å². The summed E-state index contributed by atoms with van der Waals surface area (Å²) in [6.07, 6.45) is 2.84. The zero-order valence-electron chi connectivity index (χ0n) is 13.5. The molecular formula is C18H19N3O3. The van der Waals surface area contributed by atoms with Crippen LogP contribution in [-0.4, -0.2) is 39.7 Å². The fraction of sp³-hybridized carbons (Fsp3) is 0.333. The third kappa shape index (κ3) is 2.80. The average molecular weight is 325 g/mol. The number of H-pyrrole nitrogens is 1. The van der Waals surface area contributed by atoms with Gasteiger partial charge >= 0.3 is 0 Å². The minimum Gasteiger partial charge on any atom is -0.508 e. The van der Waals surface area contributed by atoms with Crippen LogP contribution in [0.4, 0.5) is 0 Å². The SMILES string of the molecule is Cc1nc2c(c(=O)[nH]1)CN(CC1=Cc3cc(O)ccc3OC1)CC2. The lowest BCUT2D eigenvalue weighted by Crippen LogP contribution is -2.37. The molecule has 2 N–H and O–H groups in total. The first-order chi connectivity index (χ1) is 11.6. The molecule has 0 atom stereocenters. The number of aromatic amines is 1. The van der Waals surface area contributed by atoms with E-state index in [1.54, 1.807) is 18.2 Å². The molecule has 3 heterocycles. The predicted molar refractivity (Wildman–Crippen MR) is 90.2 cm³/mol. The minimum atomic E-state index is -0.0358. The number of nitrogens with zero attached hydrogens (tertiary/aromatic N) is 2. The molecule has 6 nitrogen and oxygen atoms in total. The van der Waals surface area contributed by atoms with E-state index in [9.17, 15) is 9.90 Å².